The van der Waals surface area contributed by atoms with Gasteiger partial charge in [0.2, 0.25) is 0 Å². The lowest BCUT2D eigenvalue weighted by Gasteiger charge is -2.19. The summed E-state index contributed by atoms with van der Waals surface area (Å²) in [6.07, 6.45) is 1.20. The quantitative estimate of drug-likeness (QED) is 0.485. The molecule has 0 saturated carbocycles. The summed E-state index contributed by atoms with van der Waals surface area (Å²) in [7, 11) is 0. The highest BCUT2D eigenvalue weighted by atomic mass is 16.4. The van der Waals surface area contributed by atoms with Crippen molar-refractivity contribution in [3.05, 3.63) is 11.8 Å². The second kappa shape index (κ2) is 2.61. The Kier molecular flexibility index (Phi) is 1.80. The van der Waals surface area contributed by atoms with Crippen molar-refractivity contribution in [2.45, 2.75) is 13.0 Å². The third kappa shape index (κ3) is 1.49. The average Bonchev–Trinajstić information content (AvgIpc) is 1.85. The zero-order valence-corrected chi connectivity index (χ0v) is 5.92. The Balaban J connectivity index is 2.80. The Hall–Kier alpha value is -1.52. The minimum absolute atomic E-state index is 0.157. The summed E-state index contributed by atoms with van der Waals surface area (Å²) in [6.45, 7) is 1.61. The van der Waals surface area contributed by atoms with Crippen molar-refractivity contribution < 1.29 is 14.7 Å². The first-order valence-corrected chi connectivity index (χ1v) is 3.11. The molecule has 0 aromatic rings. The van der Waals surface area contributed by atoms with Gasteiger partial charge in [0.25, 0.3) is 0 Å². The number of nitrogens with one attached hydrogen (secondary N) is 2. The van der Waals surface area contributed by atoms with E-state index in [0.29, 0.717) is 0 Å². The Morgan fingerprint density at radius 3 is 2.82 bits per heavy atom. The Morgan fingerprint density at radius 1 is 1.73 bits per heavy atom. The molecule has 11 heavy (non-hydrogen) atoms. The van der Waals surface area contributed by atoms with E-state index < -0.39 is 12.0 Å². The molecule has 5 nitrogen and oxygen atoms in total. The number of carbonyl (C=O) groups excluding carboxylic acids is 1. The monoisotopic (exact) mass is 156 g/mol. The van der Waals surface area contributed by atoms with E-state index >= 15 is 0 Å². The summed E-state index contributed by atoms with van der Waals surface area (Å²) in [5, 5.41) is 13.2. The first kappa shape index (κ1) is 7.59. The van der Waals surface area contributed by atoms with Crippen LogP contribution in [0.25, 0.3) is 0 Å². The Bertz CT molecular complexity index is 234. The molecule has 1 heterocycles. The van der Waals surface area contributed by atoms with E-state index in [1.165, 1.54) is 6.20 Å². The molecule has 1 aliphatic rings. The lowest BCUT2D eigenvalue weighted by molar-refractivity contribution is -0.133. The van der Waals surface area contributed by atoms with Gasteiger partial charge in [0.15, 0.2) is 0 Å². The smallest absolute Gasteiger partial charge is 0.335 e. The van der Waals surface area contributed by atoms with Crippen LogP contribution in [0.4, 0.5) is 4.79 Å². The van der Waals surface area contributed by atoms with Crippen LogP contribution >= 0.6 is 0 Å². The number of aliphatic carboxylic acids is 1. The highest BCUT2D eigenvalue weighted by molar-refractivity contribution is 5.91. The normalized spacial score (nSPS) is 23.2. The molecule has 0 fully saturated rings. The van der Waals surface area contributed by atoms with Gasteiger partial charge >= 0.3 is 12.0 Å². The van der Waals surface area contributed by atoms with Gasteiger partial charge in [-0.1, -0.05) is 0 Å². The third-order valence-corrected chi connectivity index (χ3v) is 1.42. The number of urea groups is 1. The van der Waals surface area contributed by atoms with Crippen molar-refractivity contribution in [2.75, 3.05) is 0 Å². The minimum atomic E-state index is -1.02. The SMILES string of the molecule is CC1NC(=O)NC=C1C(=O)O. The van der Waals surface area contributed by atoms with Gasteiger partial charge in [-0.3, -0.25) is 0 Å². The molecule has 1 unspecified atom stereocenters. The third-order valence-electron chi connectivity index (χ3n) is 1.42. The summed E-state index contributed by atoms with van der Waals surface area (Å²) < 4.78 is 0. The number of carboxylic acid groups (broad SMARTS) is 1. The van der Waals surface area contributed by atoms with Crippen molar-refractivity contribution in [3.63, 3.8) is 0 Å². The lowest BCUT2D eigenvalue weighted by atomic mass is 10.1. The fourth-order valence-electron chi connectivity index (χ4n) is 0.831. The molecule has 60 valence electrons. The summed E-state index contributed by atoms with van der Waals surface area (Å²) in [4.78, 5) is 21.0. The van der Waals surface area contributed by atoms with Crippen LogP contribution in [0.15, 0.2) is 11.8 Å². The van der Waals surface area contributed by atoms with E-state index in [1.54, 1.807) is 6.92 Å². The van der Waals surface area contributed by atoms with Crippen LogP contribution in [0.2, 0.25) is 0 Å². The van der Waals surface area contributed by atoms with Gasteiger partial charge in [-0.15, -0.1) is 0 Å². The molecule has 5 heteroatoms. The second-order valence-electron chi connectivity index (χ2n) is 2.24. The van der Waals surface area contributed by atoms with Gasteiger partial charge < -0.3 is 15.7 Å². The largest absolute Gasteiger partial charge is 0.478 e. The van der Waals surface area contributed by atoms with E-state index in [4.69, 9.17) is 5.11 Å². The maximum atomic E-state index is 10.6. The fourth-order valence-corrected chi connectivity index (χ4v) is 0.831. The molecule has 0 aliphatic carbocycles. The molecular weight excluding hydrogens is 148 g/mol. The highest BCUT2D eigenvalue weighted by Crippen LogP contribution is 2.03. The van der Waals surface area contributed by atoms with Crippen LogP contribution in [0.5, 0.6) is 0 Å². The van der Waals surface area contributed by atoms with Gasteiger partial charge in [0.1, 0.15) is 0 Å². The highest BCUT2D eigenvalue weighted by Gasteiger charge is 2.21. The van der Waals surface area contributed by atoms with Crippen LogP contribution in [0.1, 0.15) is 6.92 Å². The number of hydrogen-bond donors (Lipinski definition) is 3. The zero-order chi connectivity index (χ0) is 8.43. The standard InChI is InChI=1S/C6H8N2O3/c1-3-4(5(9)10)2-7-6(11)8-3/h2-3H,1H3,(H,9,10)(H2,7,8,11). The predicted octanol–water partition coefficient (Wildman–Crippen LogP) is -0.344. The molecule has 3 N–H and O–H groups in total. The molecule has 1 atom stereocenters. The van der Waals surface area contributed by atoms with Gasteiger partial charge in [0, 0.05) is 6.20 Å². The van der Waals surface area contributed by atoms with Crippen LogP contribution in [-0.2, 0) is 4.79 Å². The molecule has 0 bridgehead atoms. The second-order valence-corrected chi connectivity index (χ2v) is 2.24. The van der Waals surface area contributed by atoms with Crippen molar-refractivity contribution in [2.24, 2.45) is 0 Å². The summed E-state index contributed by atoms with van der Waals surface area (Å²) in [5.41, 5.74) is 0.157. The van der Waals surface area contributed by atoms with Crippen molar-refractivity contribution >= 4 is 12.0 Å². The maximum absolute atomic E-state index is 10.6. The summed E-state index contributed by atoms with van der Waals surface area (Å²) in [5.74, 6) is -1.02. The first-order chi connectivity index (χ1) is 5.11. The van der Waals surface area contributed by atoms with Crippen molar-refractivity contribution in [1.82, 2.24) is 10.6 Å². The topological polar surface area (TPSA) is 78.4 Å². The lowest BCUT2D eigenvalue weighted by Crippen LogP contribution is -2.45. The van der Waals surface area contributed by atoms with E-state index in [1.807, 2.05) is 0 Å². The molecular formula is C6H8N2O3. The van der Waals surface area contributed by atoms with Crippen LogP contribution in [0, 0.1) is 0 Å². The van der Waals surface area contributed by atoms with Gasteiger partial charge in [-0.25, -0.2) is 9.59 Å². The fraction of sp³-hybridized carbons (Fsp3) is 0.333. The molecule has 0 spiro atoms. The van der Waals surface area contributed by atoms with E-state index in [2.05, 4.69) is 10.6 Å². The number of carbonyl (C=O) groups is 2. The Morgan fingerprint density at radius 2 is 2.36 bits per heavy atom. The molecule has 0 radical (unpaired) electrons. The van der Waals surface area contributed by atoms with Crippen molar-refractivity contribution in [3.8, 4) is 0 Å². The van der Waals surface area contributed by atoms with Gasteiger partial charge in [-0.2, -0.15) is 0 Å². The number of carboxylic acids is 1. The van der Waals surface area contributed by atoms with E-state index in [9.17, 15) is 9.59 Å². The van der Waals surface area contributed by atoms with Crippen molar-refractivity contribution in [1.29, 1.82) is 0 Å². The van der Waals surface area contributed by atoms with Gasteiger partial charge in [-0.05, 0) is 6.92 Å². The molecule has 2 amide bonds. The van der Waals surface area contributed by atoms with Gasteiger partial charge in [0.05, 0.1) is 11.6 Å². The molecule has 1 rings (SSSR count). The van der Waals surface area contributed by atoms with Crippen LogP contribution in [-0.4, -0.2) is 23.1 Å². The number of hydrogen-bond acceptors (Lipinski definition) is 2. The zero-order valence-electron chi connectivity index (χ0n) is 5.92. The molecule has 0 aromatic carbocycles. The number of rotatable bonds is 1. The Labute approximate surface area is 63.1 Å². The predicted molar refractivity (Wildman–Crippen MR) is 36.8 cm³/mol. The maximum Gasteiger partial charge on any atom is 0.335 e. The molecule has 1 aliphatic heterocycles. The van der Waals surface area contributed by atoms with Crippen LogP contribution in [0.3, 0.4) is 0 Å². The van der Waals surface area contributed by atoms with E-state index in [-0.39, 0.29) is 11.6 Å². The van der Waals surface area contributed by atoms with E-state index in [0.717, 1.165) is 0 Å². The van der Waals surface area contributed by atoms with Crippen LogP contribution < -0.4 is 10.6 Å². The molecule has 0 aromatic heterocycles. The minimum Gasteiger partial charge on any atom is -0.478 e. The summed E-state index contributed by atoms with van der Waals surface area (Å²) >= 11 is 0. The molecule has 0 saturated heterocycles. The summed E-state index contributed by atoms with van der Waals surface area (Å²) in [6, 6.07) is -0.802. The first-order valence-electron chi connectivity index (χ1n) is 3.11. The average molecular weight is 156 g/mol. The number of amides is 2.